The lowest BCUT2D eigenvalue weighted by Gasteiger charge is -2.24. The molecule has 10 heteroatoms. The minimum Gasteiger partial charge on any atom is -0.462 e. The Morgan fingerprint density at radius 1 is 0.405 bits per heavy atom. The fraction of sp³-hybridized carbons (Fsp3) is 0.938. The summed E-state index contributed by atoms with van der Waals surface area (Å²) in [6.07, 6.45) is 67.3. The van der Waals surface area contributed by atoms with E-state index in [1.807, 2.05) is 21.1 Å². The number of phosphoric acid groups is 1. The van der Waals surface area contributed by atoms with Gasteiger partial charge in [0.2, 0.25) is 0 Å². The number of carbonyl (C=O) groups excluding carboxylic acids is 2. The number of phosphoric ester groups is 1. The first-order chi connectivity index (χ1) is 36.0. The highest BCUT2D eigenvalue weighted by Crippen LogP contribution is 2.43. The van der Waals surface area contributed by atoms with E-state index in [1.165, 1.54) is 270 Å². The molecule has 0 fully saturated rings. The molecule has 0 bridgehead atoms. The zero-order valence-electron chi connectivity index (χ0n) is 50.1. The van der Waals surface area contributed by atoms with Crippen LogP contribution in [0.4, 0.5) is 0 Å². The highest BCUT2D eigenvalue weighted by molar-refractivity contribution is 7.47. The van der Waals surface area contributed by atoms with Crippen LogP contribution in [0.1, 0.15) is 335 Å². The number of hydrogen-bond acceptors (Lipinski definition) is 7. The molecule has 2 unspecified atom stereocenters. The molecule has 1 N–H and O–H groups in total. The van der Waals surface area contributed by atoms with Crippen molar-refractivity contribution in [1.29, 1.82) is 0 Å². The van der Waals surface area contributed by atoms with Gasteiger partial charge < -0.3 is 18.9 Å². The molecule has 74 heavy (non-hydrogen) atoms. The maximum Gasteiger partial charge on any atom is 0.472 e. The second-order valence-corrected chi connectivity index (χ2v) is 25.0. The first kappa shape index (κ1) is 72.8. The summed E-state index contributed by atoms with van der Waals surface area (Å²) in [4.78, 5) is 35.8. The van der Waals surface area contributed by atoms with Gasteiger partial charge in [0.1, 0.15) is 19.8 Å². The van der Waals surface area contributed by atoms with Crippen LogP contribution in [0, 0.1) is 0 Å². The van der Waals surface area contributed by atoms with Gasteiger partial charge in [-0.2, -0.15) is 0 Å². The molecule has 0 aromatic carbocycles. The van der Waals surface area contributed by atoms with Crippen molar-refractivity contribution < 1.29 is 42.1 Å². The topological polar surface area (TPSA) is 108 Å². The van der Waals surface area contributed by atoms with E-state index in [1.54, 1.807) is 0 Å². The number of rotatable bonds is 61. The summed E-state index contributed by atoms with van der Waals surface area (Å²) in [7, 11) is 1.50. The molecule has 0 aromatic rings. The van der Waals surface area contributed by atoms with Crippen LogP contribution >= 0.6 is 7.82 Å². The lowest BCUT2D eigenvalue weighted by atomic mass is 10.0. The fourth-order valence-corrected chi connectivity index (χ4v) is 10.5. The Bertz CT molecular complexity index is 1260. The Hall–Kier alpha value is -1.25. The predicted octanol–water partition coefficient (Wildman–Crippen LogP) is 20.4. The lowest BCUT2D eigenvalue weighted by molar-refractivity contribution is -0.870. The number of allylic oxidation sites excluding steroid dienone is 2. The van der Waals surface area contributed by atoms with Gasteiger partial charge in [0, 0.05) is 12.8 Å². The summed E-state index contributed by atoms with van der Waals surface area (Å²) in [6.45, 7) is 4.51. The molecule has 0 heterocycles. The number of unbranched alkanes of at least 4 members (excludes halogenated alkanes) is 45. The Morgan fingerprint density at radius 3 is 1.00 bits per heavy atom. The second kappa shape index (κ2) is 56.5. The molecule has 0 amide bonds. The average molecular weight is 1070 g/mol. The van der Waals surface area contributed by atoms with Gasteiger partial charge in [-0.3, -0.25) is 18.6 Å². The molecule has 0 aromatic heterocycles. The van der Waals surface area contributed by atoms with Gasteiger partial charge in [0.25, 0.3) is 0 Å². The van der Waals surface area contributed by atoms with Crippen LogP contribution in [-0.4, -0.2) is 74.9 Å². The highest BCUT2D eigenvalue weighted by Gasteiger charge is 2.27. The molecular weight excluding hydrogens is 942 g/mol. The Kier molecular flexibility index (Phi) is 55.5. The molecule has 0 rings (SSSR count). The number of quaternary nitrogens is 1. The van der Waals surface area contributed by atoms with Crippen LogP contribution in [0.3, 0.4) is 0 Å². The number of likely N-dealkylation sites (N-methyl/N-ethyl adjacent to an activating group) is 1. The summed E-state index contributed by atoms with van der Waals surface area (Å²) in [6, 6.07) is 0. The van der Waals surface area contributed by atoms with Crippen LogP contribution in [0.2, 0.25) is 0 Å². The molecule has 0 aliphatic rings. The van der Waals surface area contributed by atoms with Crippen molar-refractivity contribution in [1.82, 2.24) is 0 Å². The van der Waals surface area contributed by atoms with Gasteiger partial charge in [0.15, 0.2) is 6.10 Å². The smallest absolute Gasteiger partial charge is 0.462 e. The number of ether oxygens (including phenoxy) is 2. The lowest BCUT2D eigenvalue weighted by Crippen LogP contribution is -2.37. The molecule has 2 atom stereocenters. The van der Waals surface area contributed by atoms with Gasteiger partial charge in [-0.1, -0.05) is 296 Å². The van der Waals surface area contributed by atoms with E-state index in [4.69, 9.17) is 18.5 Å². The van der Waals surface area contributed by atoms with E-state index in [0.717, 1.165) is 32.1 Å². The van der Waals surface area contributed by atoms with Crippen molar-refractivity contribution in [2.75, 3.05) is 47.5 Å². The normalized spacial score (nSPS) is 13.2. The number of hydrogen-bond donors (Lipinski definition) is 1. The molecule has 0 saturated heterocycles. The third kappa shape index (κ3) is 60.0. The van der Waals surface area contributed by atoms with Gasteiger partial charge >= 0.3 is 19.8 Å². The molecule has 0 spiro atoms. The van der Waals surface area contributed by atoms with E-state index in [0.29, 0.717) is 23.9 Å². The van der Waals surface area contributed by atoms with Crippen LogP contribution in [0.5, 0.6) is 0 Å². The van der Waals surface area contributed by atoms with E-state index in [-0.39, 0.29) is 25.6 Å². The summed E-state index contributed by atoms with van der Waals surface area (Å²) in [5.74, 6) is -0.773. The van der Waals surface area contributed by atoms with Crippen LogP contribution < -0.4 is 0 Å². The van der Waals surface area contributed by atoms with Crippen molar-refractivity contribution in [3.63, 3.8) is 0 Å². The maximum absolute atomic E-state index is 12.8. The van der Waals surface area contributed by atoms with Crippen molar-refractivity contribution in [3.05, 3.63) is 12.2 Å². The summed E-state index contributed by atoms with van der Waals surface area (Å²) < 4.78 is 34.7. The number of nitrogens with zero attached hydrogens (tertiary/aromatic N) is 1. The molecule has 0 aliphatic carbocycles. The Labute approximate surface area is 460 Å². The van der Waals surface area contributed by atoms with E-state index >= 15 is 0 Å². The van der Waals surface area contributed by atoms with Gasteiger partial charge in [-0.25, -0.2) is 4.57 Å². The van der Waals surface area contributed by atoms with Crippen molar-refractivity contribution in [2.45, 2.75) is 341 Å². The molecule has 0 radical (unpaired) electrons. The largest absolute Gasteiger partial charge is 0.472 e. The summed E-state index contributed by atoms with van der Waals surface area (Å²) >= 11 is 0. The monoisotopic (exact) mass is 1070 g/mol. The van der Waals surface area contributed by atoms with Crippen molar-refractivity contribution in [3.8, 4) is 0 Å². The molecule has 9 nitrogen and oxygen atoms in total. The van der Waals surface area contributed by atoms with Crippen LogP contribution in [0.15, 0.2) is 12.2 Å². The molecule has 0 aliphatic heterocycles. The first-order valence-electron chi connectivity index (χ1n) is 32.4. The molecule has 440 valence electrons. The standard InChI is InChI=1S/C64H126NO8P/c1-6-8-10-12-14-16-18-20-22-24-26-28-30-31-32-33-35-37-39-41-43-45-47-49-51-53-55-57-64(67)73-62(61-72-74(68,69)71-59-58-65(3,4)5)60-70-63(66)56-54-52-50-48-46-44-42-40-38-36-34-29-27-25-23-21-19-17-15-13-11-9-7-2/h24,26,62H,6-23,25,27-61H2,1-5H3/p+1/b26-24-. The average Bonchev–Trinajstić information content (AvgIpc) is 3.36. The van der Waals surface area contributed by atoms with E-state index in [9.17, 15) is 19.0 Å². The van der Waals surface area contributed by atoms with Crippen molar-refractivity contribution >= 4 is 19.8 Å². The van der Waals surface area contributed by atoms with Gasteiger partial charge in [-0.15, -0.1) is 0 Å². The van der Waals surface area contributed by atoms with Crippen molar-refractivity contribution in [2.24, 2.45) is 0 Å². The molecule has 0 saturated carbocycles. The Balaban J connectivity index is 4.04. The fourth-order valence-electron chi connectivity index (χ4n) is 9.78. The zero-order valence-corrected chi connectivity index (χ0v) is 51.0. The minimum absolute atomic E-state index is 0.0362. The molecular formula is C64H127NO8P+. The van der Waals surface area contributed by atoms with Crippen LogP contribution in [0.25, 0.3) is 0 Å². The minimum atomic E-state index is -4.38. The third-order valence-corrected chi connectivity index (χ3v) is 15.8. The highest BCUT2D eigenvalue weighted by atomic mass is 31.2. The Morgan fingerprint density at radius 2 is 0.689 bits per heavy atom. The third-order valence-electron chi connectivity index (χ3n) is 14.8. The zero-order chi connectivity index (χ0) is 54.2. The second-order valence-electron chi connectivity index (χ2n) is 23.5. The SMILES string of the molecule is CCCCCCCCCC/C=C\CCCCCCCCCCCCCCCCCC(=O)OC(COC(=O)CCCCCCCCCCCCCCCCCCCCCCCCC)COP(=O)(O)OCC[N+](C)(C)C. The number of carbonyl (C=O) groups is 2. The maximum atomic E-state index is 12.8. The first-order valence-corrected chi connectivity index (χ1v) is 33.9. The van der Waals surface area contributed by atoms with Gasteiger partial charge in [0.05, 0.1) is 27.7 Å². The van der Waals surface area contributed by atoms with E-state index in [2.05, 4.69) is 26.0 Å². The summed E-state index contributed by atoms with van der Waals surface area (Å²) in [5.41, 5.74) is 0. The van der Waals surface area contributed by atoms with E-state index < -0.39 is 26.5 Å². The van der Waals surface area contributed by atoms with Gasteiger partial charge in [-0.05, 0) is 38.5 Å². The quantitative estimate of drug-likeness (QED) is 0.0211. The van der Waals surface area contributed by atoms with Crippen LogP contribution in [-0.2, 0) is 32.7 Å². The summed E-state index contributed by atoms with van der Waals surface area (Å²) in [5, 5.41) is 0. The predicted molar refractivity (Wildman–Crippen MR) is 317 cm³/mol. The number of esters is 2.